The molecule has 1 aliphatic heterocycles. The molecule has 1 aromatic carbocycles. The van der Waals surface area contributed by atoms with Gasteiger partial charge < -0.3 is 10.1 Å². The maximum atomic E-state index is 12.5. The van der Waals surface area contributed by atoms with Gasteiger partial charge in [-0.15, -0.1) is 11.3 Å². The van der Waals surface area contributed by atoms with Crippen LogP contribution in [-0.2, 0) is 16.1 Å². The molecule has 24 heavy (non-hydrogen) atoms. The predicted octanol–water partition coefficient (Wildman–Crippen LogP) is 3.68. The van der Waals surface area contributed by atoms with Crippen molar-refractivity contribution in [2.75, 3.05) is 25.0 Å². The van der Waals surface area contributed by atoms with E-state index in [4.69, 9.17) is 4.74 Å². The monoisotopic (exact) mass is 344 g/mol. The highest BCUT2D eigenvalue weighted by atomic mass is 32.1. The third-order valence-corrected chi connectivity index (χ3v) is 5.09. The number of thiophene rings is 1. The van der Waals surface area contributed by atoms with E-state index in [1.807, 2.05) is 31.2 Å². The van der Waals surface area contributed by atoms with Crippen LogP contribution in [-0.4, -0.2) is 36.6 Å². The minimum absolute atomic E-state index is 0.0267. The number of rotatable bonds is 7. The van der Waals surface area contributed by atoms with E-state index in [9.17, 15) is 4.79 Å². The zero-order chi connectivity index (χ0) is 16.8. The van der Waals surface area contributed by atoms with E-state index >= 15 is 0 Å². The fourth-order valence-corrected chi connectivity index (χ4v) is 3.74. The second kappa shape index (κ2) is 8.42. The van der Waals surface area contributed by atoms with Crippen LogP contribution in [0.5, 0.6) is 0 Å². The van der Waals surface area contributed by atoms with Crippen LogP contribution in [0.15, 0.2) is 41.8 Å². The molecule has 1 N–H and O–H groups in total. The Morgan fingerprint density at radius 3 is 2.92 bits per heavy atom. The minimum Gasteiger partial charge on any atom is -0.377 e. The quantitative estimate of drug-likeness (QED) is 0.833. The number of nitrogens with zero attached hydrogens (tertiary/aromatic N) is 1. The number of hydrogen-bond acceptors (Lipinski definition) is 4. The van der Waals surface area contributed by atoms with Crippen molar-refractivity contribution in [2.24, 2.45) is 0 Å². The van der Waals surface area contributed by atoms with E-state index in [2.05, 4.69) is 27.7 Å². The van der Waals surface area contributed by atoms with E-state index in [-0.39, 0.29) is 12.0 Å². The molecule has 0 radical (unpaired) electrons. The van der Waals surface area contributed by atoms with E-state index in [0.717, 1.165) is 43.8 Å². The first-order valence-electron chi connectivity index (χ1n) is 8.42. The summed E-state index contributed by atoms with van der Waals surface area (Å²) in [4.78, 5) is 16.0. The molecule has 1 fully saturated rings. The number of benzene rings is 1. The Balaban J connectivity index is 1.61. The molecule has 0 aliphatic carbocycles. The molecular weight excluding hydrogens is 320 g/mol. The van der Waals surface area contributed by atoms with Crippen molar-refractivity contribution in [1.29, 1.82) is 0 Å². The van der Waals surface area contributed by atoms with Gasteiger partial charge in [0.1, 0.15) is 0 Å². The molecule has 0 saturated carbocycles. The summed E-state index contributed by atoms with van der Waals surface area (Å²) in [6.07, 6.45) is 2.45. The van der Waals surface area contributed by atoms with Crippen molar-refractivity contribution in [1.82, 2.24) is 4.90 Å². The lowest BCUT2D eigenvalue weighted by Gasteiger charge is -2.24. The van der Waals surface area contributed by atoms with Crippen molar-refractivity contribution >= 4 is 22.9 Å². The van der Waals surface area contributed by atoms with Crippen LogP contribution in [0.1, 0.15) is 23.3 Å². The highest BCUT2D eigenvalue weighted by molar-refractivity contribution is 7.09. The molecule has 2 heterocycles. The Morgan fingerprint density at radius 1 is 1.33 bits per heavy atom. The zero-order valence-electron chi connectivity index (χ0n) is 14.0. The topological polar surface area (TPSA) is 41.6 Å². The smallest absolute Gasteiger partial charge is 0.238 e. The summed E-state index contributed by atoms with van der Waals surface area (Å²) in [5.41, 5.74) is 1.96. The van der Waals surface area contributed by atoms with Crippen molar-refractivity contribution in [3.63, 3.8) is 0 Å². The summed E-state index contributed by atoms with van der Waals surface area (Å²) in [5.74, 6) is 0.0267. The second-order valence-electron chi connectivity index (χ2n) is 6.25. The SMILES string of the molecule is Cc1ccccc1NC(=O)CN(Cc1cccs1)C[C@H]1CCCO1. The van der Waals surface area contributed by atoms with Gasteiger partial charge in [-0.25, -0.2) is 0 Å². The van der Waals surface area contributed by atoms with Crippen LogP contribution < -0.4 is 5.32 Å². The number of aryl methyl sites for hydroxylation is 1. The van der Waals surface area contributed by atoms with Crippen molar-refractivity contribution in [3.05, 3.63) is 52.2 Å². The number of anilines is 1. The summed E-state index contributed by atoms with van der Waals surface area (Å²) >= 11 is 1.73. The normalized spacial score (nSPS) is 17.3. The summed E-state index contributed by atoms with van der Waals surface area (Å²) < 4.78 is 5.75. The number of hydrogen-bond donors (Lipinski definition) is 1. The molecule has 1 aliphatic rings. The van der Waals surface area contributed by atoms with Gasteiger partial charge in [0.05, 0.1) is 12.6 Å². The van der Waals surface area contributed by atoms with Crippen molar-refractivity contribution in [2.45, 2.75) is 32.4 Å². The van der Waals surface area contributed by atoms with E-state index < -0.39 is 0 Å². The lowest BCUT2D eigenvalue weighted by atomic mass is 10.2. The Bertz CT molecular complexity index is 651. The molecule has 0 spiro atoms. The Morgan fingerprint density at radius 2 is 2.21 bits per heavy atom. The minimum atomic E-state index is 0.0267. The standard InChI is InChI=1S/C19H24N2O2S/c1-15-6-2-3-9-18(15)20-19(22)14-21(12-16-7-4-10-23-16)13-17-8-5-11-24-17/h2-3,5-6,8-9,11,16H,4,7,10,12-14H2,1H3,(H,20,22)/t16-/m1/s1. The van der Waals surface area contributed by atoms with Crippen LogP contribution in [0.3, 0.4) is 0 Å². The number of nitrogens with one attached hydrogen (secondary N) is 1. The first-order valence-corrected chi connectivity index (χ1v) is 9.30. The third kappa shape index (κ3) is 4.90. The molecule has 3 rings (SSSR count). The second-order valence-corrected chi connectivity index (χ2v) is 7.28. The van der Waals surface area contributed by atoms with E-state index in [1.54, 1.807) is 11.3 Å². The molecule has 0 unspecified atom stereocenters. The maximum Gasteiger partial charge on any atom is 0.238 e. The van der Waals surface area contributed by atoms with Gasteiger partial charge >= 0.3 is 0 Å². The van der Waals surface area contributed by atoms with Crippen LogP contribution in [0.25, 0.3) is 0 Å². The van der Waals surface area contributed by atoms with Crippen molar-refractivity contribution < 1.29 is 9.53 Å². The van der Waals surface area contributed by atoms with Gasteiger partial charge in [-0.3, -0.25) is 9.69 Å². The molecule has 5 heteroatoms. The largest absolute Gasteiger partial charge is 0.377 e. The average molecular weight is 344 g/mol. The maximum absolute atomic E-state index is 12.5. The lowest BCUT2D eigenvalue weighted by Crippen LogP contribution is -2.37. The van der Waals surface area contributed by atoms with Gasteiger partial charge in [-0.05, 0) is 42.8 Å². The summed E-state index contributed by atoms with van der Waals surface area (Å²) in [6.45, 7) is 4.82. The molecule has 1 amide bonds. The molecule has 2 aromatic rings. The van der Waals surface area contributed by atoms with Gasteiger partial charge in [0.2, 0.25) is 5.91 Å². The Kier molecular flexibility index (Phi) is 6.01. The molecule has 128 valence electrons. The molecule has 1 aromatic heterocycles. The molecule has 4 nitrogen and oxygen atoms in total. The Labute approximate surface area is 147 Å². The number of carbonyl (C=O) groups excluding carboxylic acids is 1. The zero-order valence-corrected chi connectivity index (χ0v) is 14.8. The first kappa shape index (κ1) is 17.1. The van der Waals surface area contributed by atoms with Gasteiger partial charge in [0.25, 0.3) is 0 Å². The van der Waals surface area contributed by atoms with E-state index in [0.29, 0.717) is 6.54 Å². The summed E-state index contributed by atoms with van der Waals surface area (Å²) in [6, 6.07) is 12.0. The number of para-hydroxylation sites is 1. The van der Waals surface area contributed by atoms with Crippen molar-refractivity contribution in [3.8, 4) is 0 Å². The fraction of sp³-hybridized carbons (Fsp3) is 0.421. The van der Waals surface area contributed by atoms with Crippen LogP contribution in [0.4, 0.5) is 5.69 Å². The molecule has 1 atom stereocenters. The molecule has 0 bridgehead atoms. The Hall–Kier alpha value is -1.69. The fourth-order valence-electron chi connectivity index (χ4n) is 2.99. The summed E-state index contributed by atoms with van der Waals surface area (Å²) in [7, 11) is 0. The first-order chi connectivity index (χ1) is 11.7. The van der Waals surface area contributed by atoms with Crippen LogP contribution in [0, 0.1) is 6.92 Å². The van der Waals surface area contributed by atoms with Gasteiger partial charge in [-0.2, -0.15) is 0 Å². The van der Waals surface area contributed by atoms with Gasteiger partial charge in [-0.1, -0.05) is 24.3 Å². The number of amides is 1. The predicted molar refractivity (Wildman–Crippen MR) is 98.4 cm³/mol. The van der Waals surface area contributed by atoms with Crippen LogP contribution in [0.2, 0.25) is 0 Å². The number of carbonyl (C=O) groups is 1. The summed E-state index contributed by atoms with van der Waals surface area (Å²) in [5, 5.41) is 5.10. The highest BCUT2D eigenvalue weighted by Gasteiger charge is 2.21. The highest BCUT2D eigenvalue weighted by Crippen LogP contribution is 2.18. The van der Waals surface area contributed by atoms with Crippen LogP contribution >= 0.6 is 11.3 Å². The third-order valence-electron chi connectivity index (χ3n) is 4.23. The number of ether oxygens (including phenoxy) is 1. The molecular formula is C19H24N2O2S. The van der Waals surface area contributed by atoms with E-state index in [1.165, 1.54) is 4.88 Å². The van der Waals surface area contributed by atoms with Gasteiger partial charge in [0.15, 0.2) is 0 Å². The lowest BCUT2D eigenvalue weighted by molar-refractivity contribution is -0.117. The average Bonchev–Trinajstić information content (AvgIpc) is 3.23. The van der Waals surface area contributed by atoms with Gasteiger partial charge in [0, 0.05) is 30.3 Å². The molecule has 1 saturated heterocycles.